The summed E-state index contributed by atoms with van der Waals surface area (Å²) in [4.78, 5) is 15.7. The average Bonchev–Trinajstić information content (AvgIpc) is 2.95. The number of hydrogen-bond donors (Lipinski definition) is 0. The molecule has 0 unspecified atom stereocenters. The molecule has 48 heavy (non-hydrogen) atoms. The van der Waals surface area contributed by atoms with E-state index in [0.29, 0.717) is 44.3 Å². The first-order chi connectivity index (χ1) is 22.6. The third-order valence-corrected chi connectivity index (χ3v) is 9.67. The molecule has 3 aromatic carbocycles. The first kappa shape index (κ1) is 38.7. The van der Waals surface area contributed by atoms with Gasteiger partial charge in [-0.2, -0.15) is 0 Å². The summed E-state index contributed by atoms with van der Waals surface area (Å²) in [6.07, 6.45) is -1.03. The Morgan fingerprint density at radius 1 is 0.521 bits per heavy atom. The second-order valence-corrected chi connectivity index (χ2v) is 15.7. The predicted molar refractivity (Wildman–Crippen MR) is 193 cm³/mol. The molecule has 0 aliphatic carbocycles. The molecule has 0 aliphatic heterocycles. The number of rotatable bonds is 17. The van der Waals surface area contributed by atoms with Gasteiger partial charge in [-0.1, -0.05) is 25.1 Å². The highest BCUT2D eigenvalue weighted by atomic mass is 32.3. The summed E-state index contributed by atoms with van der Waals surface area (Å²) >= 11 is 0. The van der Waals surface area contributed by atoms with Gasteiger partial charge in [0.05, 0.1) is 36.6 Å². The van der Waals surface area contributed by atoms with Crippen molar-refractivity contribution in [1.82, 2.24) is 0 Å². The summed E-state index contributed by atoms with van der Waals surface area (Å²) in [5.74, 6) is 2.61. The zero-order valence-corrected chi connectivity index (χ0v) is 31.9. The van der Waals surface area contributed by atoms with Crippen molar-refractivity contribution < 1.29 is 37.4 Å². The highest BCUT2D eigenvalue weighted by Crippen LogP contribution is 2.77. The molecule has 0 bridgehead atoms. The third kappa shape index (κ3) is 9.91. The maximum absolute atomic E-state index is 13.9. The number of benzene rings is 3. The quantitative estimate of drug-likeness (QED) is 0.139. The highest BCUT2D eigenvalue weighted by Gasteiger charge is 2.46. The summed E-state index contributed by atoms with van der Waals surface area (Å²) in [6, 6.07) is 17.2. The minimum absolute atomic E-state index is 0.107. The van der Waals surface area contributed by atoms with Crippen LogP contribution in [0.3, 0.4) is 0 Å². The van der Waals surface area contributed by atoms with Gasteiger partial charge in [-0.15, -0.1) is 0 Å². The van der Waals surface area contributed by atoms with E-state index in [9.17, 15) is 4.79 Å². The van der Waals surface area contributed by atoms with Gasteiger partial charge in [0.2, 0.25) is 0 Å². The second-order valence-electron chi connectivity index (χ2n) is 13.2. The standard InChI is InChI=1S/C39H56O8S/c1-14-37(40)47-48(32-18-16-15-17-19-32,38-33(43-26(6)7)20-30(41-24(2)3)21-34(38)44-27(8)9)39-35(45-28(10)11)22-31(42-25(4)5)23-36(39)46-29(12)13/h15-29H,14H2,1-13H3. The van der Waals surface area contributed by atoms with E-state index in [1.165, 1.54) is 0 Å². The van der Waals surface area contributed by atoms with Crippen LogP contribution in [0.4, 0.5) is 0 Å². The predicted octanol–water partition coefficient (Wildman–Crippen LogP) is 10.6. The Morgan fingerprint density at radius 2 is 0.833 bits per heavy atom. The number of hydrogen-bond acceptors (Lipinski definition) is 8. The molecule has 0 spiro atoms. The molecule has 9 heteroatoms. The summed E-state index contributed by atoms with van der Waals surface area (Å²) in [5, 5.41) is 0. The summed E-state index contributed by atoms with van der Waals surface area (Å²) in [5.41, 5.74) is 0. The maximum atomic E-state index is 13.9. The van der Waals surface area contributed by atoms with Gasteiger partial charge in [0.15, 0.2) is 0 Å². The van der Waals surface area contributed by atoms with Crippen LogP contribution in [0.15, 0.2) is 69.3 Å². The van der Waals surface area contributed by atoms with Gasteiger partial charge in [0.1, 0.15) is 44.3 Å². The molecule has 0 fully saturated rings. The van der Waals surface area contributed by atoms with Crippen LogP contribution in [-0.2, 0) is 8.98 Å². The van der Waals surface area contributed by atoms with Crippen LogP contribution in [0.5, 0.6) is 34.5 Å². The second kappa shape index (κ2) is 17.1. The van der Waals surface area contributed by atoms with Crippen molar-refractivity contribution in [2.24, 2.45) is 0 Å². The summed E-state index contributed by atoms with van der Waals surface area (Å²) in [7, 11) is -3.10. The molecular formula is C39H56O8S. The van der Waals surface area contributed by atoms with Crippen LogP contribution in [0.25, 0.3) is 0 Å². The van der Waals surface area contributed by atoms with Crippen LogP contribution < -0.4 is 28.4 Å². The maximum Gasteiger partial charge on any atom is 0.316 e. The highest BCUT2D eigenvalue weighted by molar-refractivity contribution is 8.30. The summed E-state index contributed by atoms with van der Waals surface area (Å²) in [6.45, 7) is 25.3. The zero-order chi connectivity index (χ0) is 35.8. The molecule has 0 N–H and O–H groups in total. The third-order valence-electron chi connectivity index (χ3n) is 6.34. The fraction of sp³-hybridized carbons (Fsp3) is 0.513. The van der Waals surface area contributed by atoms with Gasteiger partial charge in [-0.05, 0) is 95.2 Å². The normalized spacial score (nSPS) is 12.2. The molecule has 0 radical (unpaired) electrons. The molecule has 0 atom stereocenters. The van der Waals surface area contributed by atoms with Crippen LogP contribution >= 0.6 is 10.3 Å². The minimum Gasteiger partial charge on any atom is -0.491 e. The minimum atomic E-state index is -3.10. The lowest BCUT2D eigenvalue weighted by Gasteiger charge is -2.43. The van der Waals surface area contributed by atoms with Crippen molar-refractivity contribution in [3.8, 4) is 34.5 Å². The Kier molecular flexibility index (Phi) is 13.8. The van der Waals surface area contributed by atoms with Crippen molar-refractivity contribution in [1.29, 1.82) is 0 Å². The molecule has 0 saturated heterocycles. The van der Waals surface area contributed by atoms with Gasteiger partial charge in [0.25, 0.3) is 0 Å². The summed E-state index contributed by atoms with van der Waals surface area (Å²) < 4.78 is 45.9. The van der Waals surface area contributed by atoms with E-state index in [1.807, 2.05) is 138 Å². The Bertz CT molecular complexity index is 1340. The lowest BCUT2D eigenvalue weighted by molar-refractivity contribution is -0.133. The van der Waals surface area contributed by atoms with Crippen LogP contribution in [-0.4, -0.2) is 42.6 Å². The van der Waals surface area contributed by atoms with Gasteiger partial charge in [-0.25, -0.2) is 0 Å². The first-order valence-electron chi connectivity index (χ1n) is 17.0. The van der Waals surface area contributed by atoms with Crippen LogP contribution in [0.2, 0.25) is 0 Å². The topological polar surface area (TPSA) is 81.7 Å². The van der Waals surface area contributed by atoms with E-state index >= 15 is 0 Å². The Morgan fingerprint density at radius 3 is 1.10 bits per heavy atom. The SMILES string of the molecule is CCC(=O)OS(c1ccccc1)(c1c(OC(C)C)cc(OC(C)C)cc1OC(C)C)c1c(OC(C)C)cc(OC(C)C)cc1OC(C)C. The largest absolute Gasteiger partial charge is 0.491 e. The van der Waals surface area contributed by atoms with Gasteiger partial charge < -0.3 is 32.6 Å². The average molecular weight is 685 g/mol. The zero-order valence-electron chi connectivity index (χ0n) is 31.0. The van der Waals surface area contributed by atoms with Crippen molar-refractivity contribution in [3.05, 3.63) is 54.6 Å². The molecule has 3 rings (SSSR count). The van der Waals surface area contributed by atoms with Gasteiger partial charge in [0, 0.05) is 45.9 Å². The van der Waals surface area contributed by atoms with E-state index < -0.39 is 16.3 Å². The van der Waals surface area contributed by atoms with Crippen molar-refractivity contribution in [2.45, 2.75) is 148 Å². The molecule has 0 heterocycles. The first-order valence-corrected chi connectivity index (χ1v) is 18.6. The smallest absolute Gasteiger partial charge is 0.316 e. The molecule has 0 saturated carbocycles. The molecule has 0 aliphatic rings. The van der Waals surface area contributed by atoms with Gasteiger partial charge in [-0.3, -0.25) is 4.79 Å². The van der Waals surface area contributed by atoms with Crippen molar-refractivity contribution in [3.63, 3.8) is 0 Å². The fourth-order valence-corrected chi connectivity index (χ4v) is 8.43. The number of ether oxygens (including phenoxy) is 6. The fourth-order valence-electron chi connectivity index (χ4n) is 5.00. The van der Waals surface area contributed by atoms with E-state index in [0.717, 1.165) is 4.90 Å². The molecule has 3 aromatic rings. The van der Waals surface area contributed by atoms with Crippen molar-refractivity contribution >= 4 is 16.3 Å². The van der Waals surface area contributed by atoms with Crippen LogP contribution in [0.1, 0.15) is 96.4 Å². The monoisotopic (exact) mass is 684 g/mol. The molecule has 0 amide bonds. The lowest BCUT2D eigenvalue weighted by atomic mass is 10.2. The Hall–Kier alpha value is -3.72. The van der Waals surface area contributed by atoms with E-state index in [1.54, 1.807) is 6.92 Å². The Labute approximate surface area is 289 Å². The van der Waals surface area contributed by atoms with E-state index in [4.69, 9.17) is 32.6 Å². The molecule has 0 aromatic heterocycles. The Balaban J connectivity index is 2.76. The van der Waals surface area contributed by atoms with E-state index in [2.05, 4.69) is 0 Å². The number of carbonyl (C=O) groups is 1. The lowest BCUT2D eigenvalue weighted by Crippen LogP contribution is -2.21. The molecule has 8 nitrogen and oxygen atoms in total. The molecular weight excluding hydrogens is 628 g/mol. The van der Waals surface area contributed by atoms with Gasteiger partial charge >= 0.3 is 5.97 Å². The number of carbonyl (C=O) groups excluding carboxylic acids is 1. The van der Waals surface area contributed by atoms with E-state index in [-0.39, 0.29) is 43.0 Å². The molecule has 266 valence electrons. The van der Waals surface area contributed by atoms with Crippen molar-refractivity contribution in [2.75, 3.05) is 0 Å². The van der Waals surface area contributed by atoms with Crippen LogP contribution in [0, 0.1) is 0 Å².